The van der Waals surface area contributed by atoms with Crippen LogP contribution in [0.5, 0.6) is 0 Å². The fraction of sp³-hybridized carbons (Fsp3) is 0.538. The van der Waals surface area contributed by atoms with Crippen molar-refractivity contribution in [1.82, 2.24) is 10.6 Å². The molecule has 1 aromatic rings. The van der Waals surface area contributed by atoms with Crippen molar-refractivity contribution in [2.45, 2.75) is 32.7 Å². The van der Waals surface area contributed by atoms with Crippen LogP contribution in [0.15, 0.2) is 17.5 Å². The maximum absolute atomic E-state index is 11.7. The fourth-order valence-electron chi connectivity index (χ4n) is 1.71. The second-order valence-electron chi connectivity index (χ2n) is 4.53. The Morgan fingerprint density at radius 1 is 1.47 bits per heavy atom. The van der Waals surface area contributed by atoms with E-state index in [1.54, 1.807) is 18.3 Å². The van der Waals surface area contributed by atoms with Gasteiger partial charge in [0.25, 0.3) is 0 Å². The number of carbonyl (C=O) groups excluding carboxylic acids is 1. The van der Waals surface area contributed by atoms with Crippen LogP contribution in [0.3, 0.4) is 0 Å². The van der Waals surface area contributed by atoms with Crippen molar-refractivity contribution < 1.29 is 14.7 Å². The minimum Gasteiger partial charge on any atom is -0.481 e. The lowest BCUT2D eigenvalue weighted by Gasteiger charge is -2.17. The van der Waals surface area contributed by atoms with Gasteiger partial charge in [-0.15, -0.1) is 11.3 Å². The molecule has 0 aliphatic carbocycles. The molecule has 1 aromatic heterocycles. The van der Waals surface area contributed by atoms with E-state index in [9.17, 15) is 9.59 Å². The maximum atomic E-state index is 11.7. The van der Waals surface area contributed by atoms with Crippen LogP contribution in [0.1, 0.15) is 37.6 Å². The number of carbonyl (C=O) groups is 2. The first-order valence-electron chi connectivity index (χ1n) is 6.32. The van der Waals surface area contributed by atoms with Crippen molar-refractivity contribution in [3.05, 3.63) is 22.4 Å². The standard InChI is InChI=1S/C13H20N2O3S/c1-3-10(11-5-4-6-19-11)15-13(18)14-8-9(2)7-12(16)17/h4-6,9-10H,3,7-8H2,1-2H3,(H,16,17)(H2,14,15,18). The van der Waals surface area contributed by atoms with Crippen LogP contribution in [0.2, 0.25) is 0 Å². The molecule has 2 unspecified atom stereocenters. The van der Waals surface area contributed by atoms with Crippen molar-refractivity contribution in [3.63, 3.8) is 0 Å². The lowest BCUT2D eigenvalue weighted by molar-refractivity contribution is -0.137. The molecule has 6 heteroatoms. The van der Waals surface area contributed by atoms with E-state index in [1.807, 2.05) is 24.4 Å². The molecule has 0 saturated carbocycles. The highest BCUT2D eigenvalue weighted by Gasteiger charge is 2.14. The average Bonchev–Trinajstić information content (AvgIpc) is 2.86. The van der Waals surface area contributed by atoms with Crippen LogP contribution < -0.4 is 10.6 Å². The van der Waals surface area contributed by atoms with Gasteiger partial charge in [-0.25, -0.2) is 4.79 Å². The van der Waals surface area contributed by atoms with Gasteiger partial charge in [-0.05, 0) is 23.8 Å². The molecule has 1 rings (SSSR count). The monoisotopic (exact) mass is 284 g/mol. The molecule has 1 heterocycles. The predicted molar refractivity (Wildman–Crippen MR) is 75.3 cm³/mol. The van der Waals surface area contributed by atoms with Crippen LogP contribution in [-0.4, -0.2) is 23.7 Å². The Morgan fingerprint density at radius 3 is 2.74 bits per heavy atom. The highest BCUT2D eigenvalue weighted by molar-refractivity contribution is 7.10. The summed E-state index contributed by atoms with van der Waals surface area (Å²) in [5.41, 5.74) is 0. The van der Waals surface area contributed by atoms with Crippen LogP contribution in [0.25, 0.3) is 0 Å². The molecule has 0 saturated heterocycles. The molecule has 0 radical (unpaired) electrons. The molecule has 2 atom stereocenters. The molecular weight excluding hydrogens is 264 g/mol. The summed E-state index contributed by atoms with van der Waals surface area (Å²) in [5, 5.41) is 16.2. The zero-order valence-corrected chi connectivity index (χ0v) is 12.0. The molecule has 0 aliphatic heterocycles. The van der Waals surface area contributed by atoms with Gasteiger partial charge in [0, 0.05) is 17.8 Å². The number of carboxylic acid groups (broad SMARTS) is 1. The van der Waals surface area contributed by atoms with Gasteiger partial charge in [0.05, 0.1) is 6.04 Å². The highest BCUT2D eigenvalue weighted by atomic mass is 32.1. The summed E-state index contributed by atoms with van der Waals surface area (Å²) >= 11 is 1.61. The number of nitrogens with one attached hydrogen (secondary N) is 2. The Hall–Kier alpha value is -1.56. The second kappa shape index (κ2) is 7.78. The number of thiophene rings is 1. The zero-order chi connectivity index (χ0) is 14.3. The van der Waals surface area contributed by atoms with Crippen molar-refractivity contribution in [1.29, 1.82) is 0 Å². The third kappa shape index (κ3) is 5.74. The van der Waals surface area contributed by atoms with E-state index in [-0.39, 0.29) is 24.4 Å². The van der Waals surface area contributed by atoms with Crippen LogP contribution in [0.4, 0.5) is 4.79 Å². The Morgan fingerprint density at radius 2 is 2.21 bits per heavy atom. The van der Waals surface area contributed by atoms with E-state index >= 15 is 0 Å². The molecule has 0 aliphatic rings. The SMILES string of the molecule is CCC(NC(=O)NCC(C)CC(=O)O)c1cccs1. The number of amides is 2. The van der Waals surface area contributed by atoms with Crippen molar-refractivity contribution in [3.8, 4) is 0 Å². The second-order valence-corrected chi connectivity index (χ2v) is 5.51. The average molecular weight is 284 g/mol. The summed E-state index contributed by atoms with van der Waals surface area (Å²) in [6.45, 7) is 4.17. The largest absolute Gasteiger partial charge is 0.481 e. The van der Waals surface area contributed by atoms with E-state index in [2.05, 4.69) is 10.6 Å². The lowest BCUT2D eigenvalue weighted by Crippen LogP contribution is -2.39. The van der Waals surface area contributed by atoms with Crippen LogP contribution in [0, 0.1) is 5.92 Å². The molecule has 0 aromatic carbocycles. The molecule has 0 fully saturated rings. The number of carboxylic acids is 1. The normalized spacial score (nSPS) is 13.6. The van der Waals surface area contributed by atoms with E-state index in [0.717, 1.165) is 11.3 Å². The molecule has 3 N–H and O–H groups in total. The topological polar surface area (TPSA) is 78.4 Å². The number of rotatable bonds is 7. The van der Waals surface area contributed by atoms with E-state index in [4.69, 9.17) is 5.11 Å². The summed E-state index contributed by atoms with van der Waals surface area (Å²) in [6, 6.07) is 3.70. The molecule has 5 nitrogen and oxygen atoms in total. The smallest absolute Gasteiger partial charge is 0.315 e. The molecule has 106 valence electrons. The van der Waals surface area contributed by atoms with Gasteiger partial charge < -0.3 is 15.7 Å². The van der Waals surface area contributed by atoms with Crippen molar-refractivity contribution >= 4 is 23.3 Å². The van der Waals surface area contributed by atoms with E-state index < -0.39 is 5.97 Å². The Labute approximate surface area is 117 Å². The fourth-order valence-corrected chi connectivity index (χ4v) is 2.57. The summed E-state index contributed by atoms with van der Waals surface area (Å²) in [4.78, 5) is 23.4. The number of aliphatic carboxylic acids is 1. The van der Waals surface area contributed by atoms with Crippen LogP contribution in [-0.2, 0) is 4.79 Å². The molecule has 19 heavy (non-hydrogen) atoms. The van der Waals surface area contributed by atoms with Gasteiger partial charge in [0.2, 0.25) is 0 Å². The van der Waals surface area contributed by atoms with Gasteiger partial charge in [-0.2, -0.15) is 0 Å². The molecule has 2 amide bonds. The first-order valence-corrected chi connectivity index (χ1v) is 7.20. The number of hydrogen-bond acceptors (Lipinski definition) is 3. The summed E-state index contributed by atoms with van der Waals surface area (Å²) in [5.74, 6) is -0.926. The Kier molecular flexibility index (Phi) is 6.35. The quantitative estimate of drug-likeness (QED) is 0.720. The van der Waals surface area contributed by atoms with E-state index in [0.29, 0.717) is 6.54 Å². The minimum atomic E-state index is -0.847. The lowest BCUT2D eigenvalue weighted by atomic mass is 10.1. The molecule has 0 bridgehead atoms. The Balaban J connectivity index is 2.36. The number of hydrogen-bond donors (Lipinski definition) is 3. The third-order valence-electron chi connectivity index (χ3n) is 2.73. The first kappa shape index (κ1) is 15.5. The summed E-state index contributed by atoms with van der Waals surface area (Å²) < 4.78 is 0. The zero-order valence-electron chi connectivity index (χ0n) is 11.2. The van der Waals surface area contributed by atoms with E-state index in [1.165, 1.54) is 0 Å². The van der Waals surface area contributed by atoms with Gasteiger partial charge in [0.1, 0.15) is 0 Å². The van der Waals surface area contributed by atoms with Gasteiger partial charge in [-0.1, -0.05) is 19.9 Å². The van der Waals surface area contributed by atoms with Crippen molar-refractivity contribution in [2.75, 3.05) is 6.54 Å². The predicted octanol–water partition coefficient (Wildman–Crippen LogP) is 2.61. The first-order chi connectivity index (χ1) is 9.02. The third-order valence-corrected chi connectivity index (χ3v) is 3.72. The summed E-state index contributed by atoms with van der Waals surface area (Å²) in [6.07, 6.45) is 0.876. The molecular formula is C13H20N2O3S. The molecule has 0 spiro atoms. The van der Waals surface area contributed by atoms with Gasteiger partial charge in [0.15, 0.2) is 0 Å². The number of urea groups is 1. The van der Waals surface area contributed by atoms with Crippen molar-refractivity contribution in [2.24, 2.45) is 5.92 Å². The minimum absolute atomic E-state index is 0.00906. The maximum Gasteiger partial charge on any atom is 0.315 e. The summed E-state index contributed by atoms with van der Waals surface area (Å²) in [7, 11) is 0. The highest BCUT2D eigenvalue weighted by Crippen LogP contribution is 2.21. The van der Waals surface area contributed by atoms with Gasteiger partial charge in [-0.3, -0.25) is 4.79 Å². The Bertz CT molecular complexity index is 406. The van der Waals surface area contributed by atoms with Gasteiger partial charge >= 0.3 is 12.0 Å². The van der Waals surface area contributed by atoms with Crippen LogP contribution >= 0.6 is 11.3 Å².